The van der Waals surface area contributed by atoms with Crippen LogP contribution in [0.4, 0.5) is 0 Å². The summed E-state index contributed by atoms with van der Waals surface area (Å²) in [4.78, 5) is 12.2. The fraction of sp³-hybridized carbons (Fsp3) is 0.571. The minimum Gasteiger partial charge on any atom is -0.457 e. The Morgan fingerprint density at radius 2 is 0.792 bits per heavy atom. The predicted octanol–water partition coefficient (Wildman–Crippen LogP) is 14.1. The van der Waals surface area contributed by atoms with Crippen molar-refractivity contribution in [2.75, 3.05) is 19.8 Å². The Balaban J connectivity index is 3.62. The molecule has 0 fully saturated rings. The lowest BCUT2D eigenvalue weighted by Gasteiger charge is -2.15. The quantitative estimate of drug-likeness (QED) is 0.0393. The maximum Gasteiger partial charge on any atom is 0.306 e. The summed E-state index contributed by atoms with van der Waals surface area (Å²) in [7, 11) is 0. The average molecular weight is 731 g/mol. The fourth-order valence-corrected chi connectivity index (χ4v) is 5.20. The maximum atomic E-state index is 12.2. The zero-order chi connectivity index (χ0) is 38.4. The van der Waals surface area contributed by atoms with Gasteiger partial charge >= 0.3 is 5.97 Å². The van der Waals surface area contributed by atoms with Crippen molar-refractivity contribution in [1.29, 1.82) is 0 Å². The van der Waals surface area contributed by atoms with Crippen molar-refractivity contribution in [2.24, 2.45) is 0 Å². The smallest absolute Gasteiger partial charge is 0.306 e. The van der Waals surface area contributed by atoms with Gasteiger partial charge in [-0.2, -0.15) is 0 Å². The molecule has 0 amide bonds. The molecule has 0 aliphatic rings. The monoisotopic (exact) mass is 731 g/mol. The molecule has 0 saturated carbocycles. The lowest BCUT2D eigenvalue weighted by molar-refractivity contribution is -0.154. The minimum atomic E-state index is -0.569. The molecule has 0 aliphatic carbocycles. The van der Waals surface area contributed by atoms with E-state index >= 15 is 0 Å². The van der Waals surface area contributed by atoms with Gasteiger partial charge in [0.1, 0.15) is 6.10 Å². The Morgan fingerprint density at radius 1 is 0.453 bits per heavy atom. The second-order valence-electron chi connectivity index (χ2n) is 13.3. The largest absolute Gasteiger partial charge is 0.457 e. The lowest BCUT2D eigenvalue weighted by Crippen LogP contribution is -2.27. The Kier molecular flexibility index (Phi) is 42.2. The molecule has 1 atom stereocenters. The highest BCUT2D eigenvalue weighted by Crippen LogP contribution is 2.10. The summed E-state index contributed by atoms with van der Waals surface area (Å²) in [6, 6.07) is 0. The summed E-state index contributed by atoms with van der Waals surface area (Å²) in [6.45, 7) is 5.03. The number of hydrogen-bond donors (Lipinski definition) is 1. The molecule has 0 aromatic heterocycles. The van der Waals surface area contributed by atoms with E-state index < -0.39 is 6.10 Å². The zero-order valence-electron chi connectivity index (χ0n) is 34.0. The van der Waals surface area contributed by atoms with E-state index in [0.717, 1.165) is 109 Å². The number of carbonyl (C=O) groups excluding carboxylic acids is 1. The molecule has 0 aromatic carbocycles. The second kappa shape index (κ2) is 44.9. The Morgan fingerprint density at radius 3 is 1.19 bits per heavy atom. The van der Waals surface area contributed by atoms with Crippen LogP contribution in [0.15, 0.2) is 122 Å². The van der Waals surface area contributed by atoms with Crippen molar-refractivity contribution < 1.29 is 19.4 Å². The van der Waals surface area contributed by atoms with Crippen LogP contribution in [0.25, 0.3) is 0 Å². The molecule has 298 valence electrons. The molecule has 4 nitrogen and oxygen atoms in total. The van der Waals surface area contributed by atoms with E-state index in [9.17, 15) is 9.90 Å². The Hall–Kier alpha value is -3.21. The lowest BCUT2D eigenvalue weighted by atomic mass is 10.1. The van der Waals surface area contributed by atoms with Crippen LogP contribution in [0.1, 0.15) is 155 Å². The number of esters is 1. The van der Waals surface area contributed by atoms with E-state index in [1.54, 1.807) is 0 Å². The van der Waals surface area contributed by atoms with E-state index in [0.29, 0.717) is 13.0 Å². The first-order valence-corrected chi connectivity index (χ1v) is 21.1. The molecule has 0 rings (SSSR count). The molecule has 4 heteroatoms. The summed E-state index contributed by atoms with van der Waals surface area (Å²) < 4.78 is 11.1. The molecule has 53 heavy (non-hydrogen) atoms. The number of aliphatic hydroxyl groups excluding tert-OH is 1. The predicted molar refractivity (Wildman–Crippen MR) is 232 cm³/mol. The third-order valence-corrected chi connectivity index (χ3v) is 8.28. The molecular weight excluding hydrogens is 653 g/mol. The fourth-order valence-electron chi connectivity index (χ4n) is 5.20. The van der Waals surface area contributed by atoms with Crippen LogP contribution in [0.3, 0.4) is 0 Å². The molecule has 0 saturated heterocycles. The summed E-state index contributed by atoms with van der Waals surface area (Å²) >= 11 is 0. The number of carbonyl (C=O) groups is 1. The highest BCUT2D eigenvalue weighted by Gasteiger charge is 2.13. The molecule has 1 N–H and O–H groups in total. The van der Waals surface area contributed by atoms with Crippen LogP contribution in [0.5, 0.6) is 0 Å². The summed E-state index contributed by atoms with van der Waals surface area (Å²) in [6.07, 6.45) is 66.8. The van der Waals surface area contributed by atoms with Crippen LogP contribution in [-0.2, 0) is 14.3 Å². The molecule has 0 aromatic rings. The van der Waals surface area contributed by atoms with Crippen LogP contribution < -0.4 is 0 Å². The molecule has 0 radical (unpaired) electrons. The topological polar surface area (TPSA) is 55.8 Å². The highest BCUT2D eigenvalue weighted by molar-refractivity contribution is 5.69. The second-order valence-corrected chi connectivity index (χ2v) is 13.3. The van der Waals surface area contributed by atoms with Gasteiger partial charge in [0.15, 0.2) is 0 Å². The number of rotatable bonds is 37. The van der Waals surface area contributed by atoms with Crippen LogP contribution in [0, 0.1) is 0 Å². The average Bonchev–Trinajstić information content (AvgIpc) is 3.16. The molecule has 0 aliphatic heterocycles. The number of aliphatic hydroxyl groups is 1. The van der Waals surface area contributed by atoms with Crippen molar-refractivity contribution in [3.05, 3.63) is 122 Å². The molecule has 0 heterocycles. The van der Waals surface area contributed by atoms with Gasteiger partial charge in [-0.1, -0.05) is 167 Å². The Bertz CT molecular complexity index is 1080. The van der Waals surface area contributed by atoms with Crippen molar-refractivity contribution in [1.82, 2.24) is 0 Å². The first-order chi connectivity index (χ1) is 26.2. The van der Waals surface area contributed by atoms with E-state index in [1.807, 2.05) is 0 Å². The number of allylic oxidation sites excluding steroid dienone is 20. The van der Waals surface area contributed by atoms with Gasteiger partial charge in [-0.3, -0.25) is 4.79 Å². The standard InChI is InChI=1S/C49H78O4/c1-3-5-7-9-11-13-15-17-19-21-22-23-24-25-26-27-28-29-30-32-34-36-38-40-42-44-49(51)53-48(46-50)47-52-45-43-41-39-37-35-33-31-20-18-16-14-12-10-8-6-4-2/h5-8,11-14,17-20,22-23,25-26,28-29,32,34,48,50H,3-4,9-10,15-16,21,24,27,30-31,33,35-47H2,1-2H3/b7-5-,8-6-,13-11-,14-12-,19-17-,20-18-,23-22-,26-25-,29-28-,34-32-. The van der Waals surface area contributed by atoms with Gasteiger partial charge in [-0.05, 0) is 103 Å². The van der Waals surface area contributed by atoms with Gasteiger partial charge < -0.3 is 14.6 Å². The van der Waals surface area contributed by atoms with Gasteiger partial charge in [0.05, 0.1) is 13.2 Å². The summed E-state index contributed by atoms with van der Waals surface area (Å²) in [5.74, 6) is -0.244. The SMILES string of the molecule is CC/C=C\C/C=C\C/C=C\C/C=C\C/C=C\C/C=C\C/C=C\CCCCCC(=O)OC(CO)COCCCCCCCC/C=C\C/C=C\C/C=C\CC. The van der Waals surface area contributed by atoms with E-state index in [1.165, 1.54) is 25.7 Å². The van der Waals surface area contributed by atoms with Crippen molar-refractivity contribution in [3.63, 3.8) is 0 Å². The van der Waals surface area contributed by atoms with E-state index in [-0.39, 0.29) is 19.2 Å². The van der Waals surface area contributed by atoms with Crippen molar-refractivity contribution in [2.45, 2.75) is 161 Å². The zero-order valence-corrected chi connectivity index (χ0v) is 34.0. The summed E-state index contributed by atoms with van der Waals surface area (Å²) in [5, 5.41) is 9.59. The van der Waals surface area contributed by atoms with Gasteiger partial charge in [-0.25, -0.2) is 0 Å². The number of ether oxygens (including phenoxy) is 2. The minimum absolute atomic E-state index is 0.200. The number of hydrogen-bond acceptors (Lipinski definition) is 4. The van der Waals surface area contributed by atoms with Crippen LogP contribution in [-0.4, -0.2) is 37.0 Å². The van der Waals surface area contributed by atoms with Gasteiger partial charge in [0.25, 0.3) is 0 Å². The molecular formula is C49H78O4. The van der Waals surface area contributed by atoms with Crippen LogP contribution in [0.2, 0.25) is 0 Å². The Labute approximate surface area is 327 Å². The number of unbranched alkanes of at least 4 members (excludes halogenated alkanes) is 9. The molecule has 1 unspecified atom stereocenters. The van der Waals surface area contributed by atoms with Gasteiger partial charge in [0.2, 0.25) is 0 Å². The van der Waals surface area contributed by atoms with E-state index in [4.69, 9.17) is 9.47 Å². The molecule has 0 bridgehead atoms. The first-order valence-electron chi connectivity index (χ1n) is 21.1. The first kappa shape index (κ1) is 49.8. The normalized spacial score (nSPS) is 13.6. The highest BCUT2D eigenvalue weighted by atomic mass is 16.6. The van der Waals surface area contributed by atoms with E-state index in [2.05, 4.69) is 135 Å². The summed E-state index contributed by atoms with van der Waals surface area (Å²) in [5.41, 5.74) is 0. The van der Waals surface area contributed by atoms with Crippen molar-refractivity contribution in [3.8, 4) is 0 Å². The third-order valence-electron chi connectivity index (χ3n) is 8.28. The maximum absolute atomic E-state index is 12.2. The van der Waals surface area contributed by atoms with Crippen LogP contribution >= 0.6 is 0 Å². The van der Waals surface area contributed by atoms with Gasteiger partial charge in [0, 0.05) is 13.0 Å². The van der Waals surface area contributed by atoms with Gasteiger partial charge in [-0.15, -0.1) is 0 Å². The molecule has 0 spiro atoms. The van der Waals surface area contributed by atoms with Crippen molar-refractivity contribution >= 4 is 5.97 Å². The third kappa shape index (κ3) is 43.1.